The molecule has 0 unspecified atom stereocenters. The summed E-state index contributed by atoms with van der Waals surface area (Å²) in [6.07, 6.45) is 10.9. The summed E-state index contributed by atoms with van der Waals surface area (Å²) < 4.78 is 1.76. The molecule has 0 saturated carbocycles. The van der Waals surface area contributed by atoms with Crippen LogP contribution in [0.4, 0.5) is 0 Å². The smallest absolute Gasteiger partial charge is 0.330 e. The molecule has 5 heteroatoms. The van der Waals surface area contributed by atoms with Crippen LogP contribution in [0.2, 0.25) is 0 Å². The van der Waals surface area contributed by atoms with E-state index in [1.165, 1.54) is 38.5 Å². The zero-order valence-corrected chi connectivity index (χ0v) is 13.0. The Bertz CT molecular complexity index is 408. The Morgan fingerprint density at radius 1 is 1.05 bits per heavy atom. The standard InChI is InChI=1S/C15H30N4O/c1-13(2)19-14(17-18-15(19)20)11-9-7-5-3-4-6-8-10-12-16/h13H,3-12,16H2,1-2H3,(H,18,20). The van der Waals surface area contributed by atoms with Gasteiger partial charge in [-0.2, -0.15) is 5.10 Å². The van der Waals surface area contributed by atoms with E-state index in [1.54, 1.807) is 4.57 Å². The van der Waals surface area contributed by atoms with Gasteiger partial charge in [0.15, 0.2) is 0 Å². The first-order valence-corrected chi connectivity index (χ1v) is 8.02. The number of rotatable bonds is 11. The molecule has 1 rings (SSSR count). The van der Waals surface area contributed by atoms with E-state index in [-0.39, 0.29) is 11.7 Å². The van der Waals surface area contributed by atoms with Crippen LogP contribution in [0, 0.1) is 0 Å². The van der Waals surface area contributed by atoms with Gasteiger partial charge < -0.3 is 5.73 Å². The van der Waals surface area contributed by atoms with Crippen LogP contribution >= 0.6 is 0 Å². The maximum atomic E-state index is 11.6. The molecule has 0 aliphatic rings. The molecule has 0 aliphatic heterocycles. The average Bonchev–Trinajstić information content (AvgIpc) is 2.78. The Hall–Kier alpha value is -1.10. The first kappa shape index (κ1) is 17.0. The van der Waals surface area contributed by atoms with Crippen molar-refractivity contribution >= 4 is 0 Å². The summed E-state index contributed by atoms with van der Waals surface area (Å²) >= 11 is 0. The summed E-state index contributed by atoms with van der Waals surface area (Å²) in [6, 6.07) is 0.179. The molecule has 1 aromatic rings. The molecule has 0 aromatic carbocycles. The van der Waals surface area contributed by atoms with Gasteiger partial charge in [-0.05, 0) is 33.2 Å². The predicted molar refractivity (Wildman–Crippen MR) is 82.9 cm³/mol. The highest BCUT2D eigenvalue weighted by Crippen LogP contribution is 2.11. The molecule has 3 N–H and O–H groups in total. The fourth-order valence-electron chi connectivity index (χ4n) is 2.53. The molecule has 0 saturated heterocycles. The normalized spacial score (nSPS) is 11.4. The lowest BCUT2D eigenvalue weighted by molar-refractivity contribution is 0.529. The molecule has 0 bridgehead atoms. The van der Waals surface area contributed by atoms with E-state index in [9.17, 15) is 4.79 Å². The van der Waals surface area contributed by atoms with E-state index in [0.717, 1.165) is 31.6 Å². The largest absolute Gasteiger partial charge is 0.343 e. The minimum absolute atomic E-state index is 0.0881. The summed E-state index contributed by atoms with van der Waals surface area (Å²) in [7, 11) is 0. The summed E-state index contributed by atoms with van der Waals surface area (Å²) in [5.74, 6) is 0.896. The Labute approximate surface area is 122 Å². The zero-order chi connectivity index (χ0) is 14.8. The Kier molecular flexibility index (Phi) is 8.26. The number of hydrogen-bond donors (Lipinski definition) is 2. The first-order chi connectivity index (χ1) is 9.66. The van der Waals surface area contributed by atoms with E-state index >= 15 is 0 Å². The average molecular weight is 282 g/mol. The monoisotopic (exact) mass is 282 g/mol. The topological polar surface area (TPSA) is 76.7 Å². The second-order valence-electron chi connectivity index (χ2n) is 5.78. The molecule has 116 valence electrons. The van der Waals surface area contributed by atoms with Gasteiger partial charge in [-0.1, -0.05) is 38.5 Å². The van der Waals surface area contributed by atoms with E-state index in [1.807, 2.05) is 13.8 Å². The molecule has 1 aromatic heterocycles. The molecule has 0 fully saturated rings. The number of aromatic nitrogens is 3. The van der Waals surface area contributed by atoms with Gasteiger partial charge in [-0.3, -0.25) is 4.57 Å². The van der Waals surface area contributed by atoms with Crippen LogP contribution in [0.5, 0.6) is 0 Å². The minimum atomic E-state index is -0.0881. The lowest BCUT2D eigenvalue weighted by atomic mass is 10.1. The molecule has 20 heavy (non-hydrogen) atoms. The maximum absolute atomic E-state index is 11.6. The van der Waals surface area contributed by atoms with Crippen LogP contribution in [-0.2, 0) is 6.42 Å². The van der Waals surface area contributed by atoms with Gasteiger partial charge in [0.1, 0.15) is 5.82 Å². The van der Waals surface area contributed by atoms with Crippen molar-refractivity contribution in [2.24, 2.45) is 5.73 Å². The van der Waals surface area contributed by atoms with Gasteiger partial charge >= 0.3 is 5.69 Å². The molecule has 0 spiro atoms. The van der Waals surface area contributed by atoms with Crippen LogP contribution < -0.4 is 11.4 Å². The molecule has 5 nitrogen and oxygen atoms in total. The first-order valence-electron chi connectivity index (χ1n) is 8.02. The van der Waals surface area contributed by atoms with Gasteiger partial charge in [0.25, 0.3) is 0 Å². The van der Waals surface area contributed by atoms with Crippen molar-refractivity contribution in [1.82, 2.24) is 14.8 Å². The van der Waals surface area contributed by atoms with Crippen LogP contribution in [0.25, 0.3) is 0 Å². The Morgan fingerprint density at radius 2 is 1.60 bits per heavy atom. The zero-order valence-electron chi connectivity index (χ0n) is 13.0. The van der Waals surface area contributed by atoms with Gasteiger partial charge in [-0.25, -0.2) is 9.89 Å². The number of hydrogen-bond acceptors (Lipinski definition) is 3. The number of nitrogens with one attached hydrogen (secondary N) is 1. The van der Waals surface area contributed by atoms with Crippen LogP contribution in [-0.4, -0.2) is 21.3 Å². The number of aromatic amines is 1. The van der Waals surface area contributed by atoms with E-state index in [4.69, 9.17) is 5.73 Å². The van der Waals surface area contributed by atoms with Crippen molar-refractivity contribution in [3.8, 4) is 0 Å². The van der Waals surface area contributed by atoms with Gasteiger partial charge in [0.05, 0.1) is 0 Å². The van der Waals surface area contributed by atoms with Gasteiger partial charge in [0, 0.05) is 12.5 Å². The third-order valence-electron chi connectivity index (χ3n) is 3.65. The summed E-state index contributed by atoms with van der Waals surface area (Å²) in [4.78, 5) is 11.6. The number of aryl methyl sites for hydroxylation is 1. The molecular weight excluding hydrogens is 252 g/mol. The predicted octanol–water partition coefficient (Wildman–Crippen LogP) is 2.77. The number of H-pyrrole nitrogens is 1. The number of unbranched alkanes of at least 4 members (excludes halogenated alkanes) is 7. The Balaban J connectivity index is 2.11. The van der Waals surface area contributed by atoms with Gasteiger partial charge in [0.2, 0.25) is 0 Å². The highest BCUT2D eigenvalue weighted by Gasteiger charge is 2.10. The summed E-state index contributed by atoms with van der Waals surface area (Å²) in [5, 5.41) is 6.66. The molecular formula is C15H30N4O. The van der Waals surface area contributed by atoms with Crippen molar-refractivity contribution in [3.63, 3.8) is 0 Å². The highest BCUT2D eigenvalue weighted by molar-refractivity contribution is 4.88. The van der Waals surface area contributed by atoms with Crippen molar-refractivity contribution in [2.75, 3.05) is 6.54 Å². The van der Waals surface area contributed by atoms with Crippen molar-refractivity contribution in [3.05, 3.63) is 16.3 Å². The fourth-order valence-corrected chi connectivity index (χ4v) is 2.53. The minimum Gasteiger partial charge on any atom is -0.330 e. The summed E-state index contributed by atoms with van der Waals surface area (Å²) in [5.41, 5.74) is 5.38. The van der Waals surface area contributed by atoms with Crippen LogP contribution in [0.3, 0.4) is 0 Å². The second-order valence-corrected chi connectivity index (χ2v) is 5.78. The third-order valence-corrected chi connectivity index (χ3v) is 3.65. The molecule has 1 heterocycles. The quantitative estimate of drug-likeness (QED) is 0.613. The highest BCUT2D eigenvalue weighted by atomic mass is 16.1. The summed E-state index contributed by atoms with van der Waals surface area (Å²) in [6.45, 7) is 4.85. The van der Waals surface area contributed by atoms with Crippen LogP contribution in [0.1, 0.15) is 77.1 Å². The fraction of sp³-hybridized carbons (Fsp3) is 0.867. The van der Waals surface area contributed by atoms with Crippen LogP contribution in [0.15, 0.2) is 4.79 Å². The van der Waals surface area contributed by atoms with E-state index in [2.05, 4.69) is 10.2 Å². The second kappa shape index (κ2) is 9.75. The molecule has 0 atom stereocenters. The maximum Gasteiger partial charge on any atom is 0.343 e. The number of nitrogens with two attached hydrogens (primary N) is 1. The number of nitrogens with zero attached hydrogens (tertiary/aromatic N) is 2. The van der Waals surface area contributed by atoms with E-state index in [0.29, 0.717) is 0 Å². The SMILES string of the molecule is CC(C)n1c(CCCCCCCCCCN)n[nH]c1=O. The Morgan fingerprint density at radius 3 is 2.15 bits per heavy atom. The van der Waals surface area contributed by atoms with Crippen molar-refractivity contribution in [2.45, 2.75) is 77.7 Å². The van der Waals surface area contributed by atoms with Crippen molar-refractivity contribution in [1.29, 1.82) is 0 Å². The van der Waals surface area contributed by atoms with Gasteiger partial charge in [-0.15, -0.1) is 0 Å². The van der Waals surface area contributed by atoms with E-state index < -0.39 is 0 Å². The lowest BCUT2D eigenvalue weighted by Gasteiger charge is -2.08. The van der Waals surface area contributed by atoms with Crippen molar-refractivity contribution < 1.29 is 0 Å². The molecule has 0 amide bonds. The lowest BCUT2D eigenvalue weighted by Crippen LogP contribution is -2.20. The molecule has 0 aliphatic carbocycles. The molecule has 0 radical (unpaired) electrons. The third kappa shape index (κ3) is 5.90.